The zero-order valence-corrected chi connectivity index (χ0v) is 14.2. The second-order valence-corrected chi connectivity index (χ2v) is 6.45. The van der Waals surface area contributed by atoms with Gasteiger partial charge in [-0.2, -0.15) is 0 Å². The fourth-order valence-electron chi connectivity index (χ4n) is 2.91. The third-order valence-electron chi connectivity index (χ3n) is 4.23. The van der Waals surface area contributed by atoms with Crippen molar-refractivity contribution in [1.82, 2.24) is 15.0 Å². The molecular weight excluding hydrogens is 339 g/mol. The van der Waals surface area contributed by atoms with Gasteiger partial charge in [0.15, 0.2) is 5.82 Å². The normalized spacial score (nSPS) is 17.0. The first kappa shape index (κ1) is 16.0. The van der Waals surface area contributed by atoms with E-state index >= 15 is 0 Å². The molecule has 0 amide bonds. The van der Waals surface area contributed by atoms with Crippen LogP contribution in [0.25, 0.3) is 22.6 Å². The molecule has 4 nitrogen and oxygen atoms in total. The molecule has 1 aliphatic heterocycles. The van der Waals surface area contributed by atoms with Crippen LogP contribution >= 0.6 is 11.6 Å². The number of rotatable bonds is 3. The van der Waals surface area contributed by atoms with Crippen molar-refractivity contribution >= 4 is 17.4 Å². The topological polar surface area (TPSA) is 41.9 Å². The van der Waals surface area contributed by atoms with Crippen LogP contribution in [0, 0.1) is 0 Å². The third-order valence-corrected chi connectivity index (χ3v) is 4.48. The van der Waals surface area contributed by atoms with Crippen LogP contribution in [0.1, 0.15) is 6.42 Å². The summed E-state index contributed by atoms with van der Waals surface area (Å²) in [6, 6.07) is 13.2. The van der Waals surface area contributed by atoms with Crippen LogP contribution in [0.3, 0.4) is 0 Å². The molecule has 0 spiro atoms. The second kappa shape index (κ2) is 6.76. The Morgan fingerprint density at radius 3 is 2.60 bits per heavy atom. The molecule has 3 heterocycles. The zero-order chi connectivity index (χ0) is 17.2. The molecule has 4 rings (SSSR count). The van der Waals surface area contributed by atoms with Crippen LogP contribution in [0.5, 0.6) is 0 Å². The summed E-state index contributed by atoms with van der Waals surface area (Å²) >= 11 is 5.99. The van der Waals surface area contributed by atoms with Gasteiger partial charge >= 0.3 is 0 Å². The molecule has 0 aliphatic carbocycles. The number of anilines is 1. The van der Waals surface area contributed by atoms with Crippen molar-refractivity contribution in [3.8, 4) is 22.6 Å². The van der Waals surface area contributed by atoms with Gasteiger partial charge in [-0.05, 0) is 30.7 Å². The molecule has 2 aromatic heterocycles. The molecule has 126 valence electrons. The van der Waals surface area contributed by atoms with E-state index in [1.807, 2.05) is 47.4 Å². The quantitative estimate of drug-likeness (QED) is 0.698. The van der Waals surface area contributed by atoms with Gasteiger partial charge in [-0.25, -0.2) is 14.4 Å². The lowest BCUT2D eigenvalue weighted by molar-refractivity contribution is 0.364. The van der Waals surface area contributed by atoms with Gasteiger partial charge in [0.1, 0.15) is 12.0 Å². The number of pyridine rings is 1. The average Bonchev–Trinajstić information content (AvgIpc) is 3.09. The van der Waals surface area contributed by atoms with Crippen LogP contribution in [-0.4, -0.2) is 34.2 Å². The molecule has 1 fully saturated rings. The van der Waals surface area contributed by atoms with E-state index in [-0.39, 0.29) is 0 Å². The first-order valence-corrected chi connectivity index (χ1v) is 8.51. The molecule has 0 N–H and O–H groups in total. The van der Waals surface area contributed by atoms with Crippen molar-refractivity contribution in [2.75, 3.05) is 18.0 Å². The average molecular weight is 355 g/mol. The van der Waals surface area contributed by atoms with Crippen LogP contribution in [0.15, 0.2) is 54.9 Å². The molecular formula is C19H16ClFN4. The van der Waals surface area contributed by atoms with Gasteiger partial charge in [-0.1, -0.05) is 23.7 Å². The summed E-state index contributed by atoms with van der Waals surface area (Å²) in [6.07, 6.45) is 3.16. The van der Waals surface area contributed by atoms with Gasteiger partial charge in [0, 0.05) is 41.2 Å². The highest BCUT2D eigenvalue weighted by Gasteiger charge is 2.24. The van der Waals surface area contributed by atoms with Crippen molar-refractivity contribution in [1.29, 1.82) is 0 Å². The van der Waals surface area contributed by atoms with E-state index in [1.54, 1.807) is 12.4 Å². The number of hydrogen-bond donors (Lipinski definition) is 0. The largest absolute Gasteiger partial charge is 0.353 e. The molecule has 1 aliphatic rings. The maximum atomic E-state index is 13.6. The predicted molar refractivity (Wildman–Crippen MR) is 97.4 cm³/mol. The Balaban J connectivity index is 1.81. The Bertz CT molecular complexity index is 870. The Kier molecular flexibility index (Phi) is 4.32. The van der Waals surface area contributed by atoms with E-state index in [1.165, 1.54) is 0 Å². The molecule has 0 radical (unpaired) electrons. The van der Waals surface area contributed by atoms with Gasteiger partial charge in [-0.15, -0.1) is 0 Å². The van der Waals surface area contributed by atoms with E-state index in [4.69, 9.17) is 11.6 Å². The van der Waals surface area contributed by atoms with Crippen molar-refractivity contribution in [2.24, 2.45) is 0 Å². The minimum Gasteiger partial charge on any atom is -0.353 e. The van der Waals surface area contributed by atoms with E-state index in [9.17, 15) is 4.39 Å². The first-order valence-electron chi connectivity index (χ1n) is 8.13. The fourth-order valence-corrected chi connectivity index (χ4v) is 3.04. The zero-order valence-electron chi connectivity index (χ0n) is 13.4. The Morgan fingerprint density at radius 2 is 1.92 bits per heavy atom. The number of hydrogen-bond acceptors (Lipinski definition) is 4. The van der Waals surface area contributed by atoms with Crippen LogP contribution in [0.2, 0.25) is 5.02 Å². The summed E-state index contributed by atoms with van der Waals surface area (Å²) in [5, 5.41) is 0.672. The molecule has 3 aromatic rings. The van der Waals surface area contributed by atoms with Crippen molar-refractivity contribution in [2.45, 2.75) is 12.6 Å². The Hall–Kier alpha value is -2.53. The van der Waals surface area contributed by atoms with E-state index < -0.39 is 6.17 Å². The van der Waals surface area contributed by atoms with Crippen molar-refractivity contribution in [3.05, 3.63) is 59.9 Å². The minimum atomic E-state index is -0.809. The molecule has 0 bridgehead atoms. The van der Waals surface area contributed by atoms with Gasteiger partial charge in [0.05, 0.1) is 12.2 Å². The molecule has 6 heteroatoms. The van der Waals surface area contributed by atoms with Crippen LogP contribution < -0.4 is 4.90 Å². The summed E-state index contributed by atoms with van der Waals surface area (Å²) in [5.41, 5.74) is 2.55. The number of nitrogens with zero attached hydrogens (tertiary/aromatic N) is 4. The molecule has 1 aromatic carbocycles. The van der Waals surface area contributed by atoms with E-state index in [0.717, 1.165) is 22.6 Å². The molecule has 1 unspecified atom stereocenters. The molecule has 1 atom stereocenters. The first-order chi connectivity index (χ1) is 12.2. The molecule has 1 saturated heterocycles. The smallest absolute Gasteiger partial charge is 0.163 e. The number of aromatic nitrogens is 3. The monoisotopic (exact) mass is 354 g/mol. The molecule has 25 heavy (non-hydrogen) atoms. The van der Waals surface area contributed by atoms with Crippen molar-refractivity contribution < 1.29 is 4.39 Å². The Morgan fingerprint density at radius 1 is 1.08 bits per heavy atom. The maximum absolute atomic E-state index is 13.6. The van der Waals surface area contributed by atoms with E-state index in [2.05, 4.69) is 15.0 Å². The fraction of sp³-hybridized carbons (Fsp3) is 0.211. The number of halogens is 2. The number of benzene rings is 1. The second-order valence-electron chi connectivity index (χ2n) is 6.02. The van der Waals surface area contributed by atoms with Crippen LogP contribution in [0.4, 0.5) is 10.2 Å². The van der Waals surface area contributed by atoms with Gasteiger partial charge in [0.25, 0.3) is 0 Å². The molecule has 0 saturated carbocycles. The summed E-state index contributed by atoms with van der Waals surface area (Å²) < 4.78 is 13.6. The summed E-state index contributed by atoms with van der Waals surface area (Å²) in [6.45, 7) is 1.02. The lowest BCUT2D eigenvalue weighted by atomic mass is 10.1. The third kappa shape index (κ3) is 3.46. The lowest BCUT2D eigenvalue weighted by Gasteiger charge is -2.18. The highest BCUT2D eigenvalue weighted by molar-refractivity contribution is 6.30. The highest BCUT2D eigenvalue weighted by Crippen LogP contribution is 2.28. The predicted octanol–water partition coefficient (Wildman–Crippen LogP) is 4.41. The minimum absolute atomic E-state index is 0.365. The highest BCUT2D eigenvalue weighted by atomic mass is 35.5. The van der Waals surface area contributed by atoms with Crippen LogP contribution in [-0.2, 0) is 0 Å². The van der Waals surface area contributed by atoms with E-state index in [0.29, 0.717) is 30.4 Å². The Labute approximate surface area is 150 Å². The summed E-state index contributed by atoms with van der Waals surface area (Å²) in [7, 11) is 0. The SMILES string of the molecule is FC1CCN(c2cc(-c3ccc(Cl)cc3)nc(-c3cccnc3)n2)C1. The lowest BCUT2D eigenvalue weighted by Crippen LogP contribution is -2.21. The van der Waals surface area contributed by atoms with Crippen molar-refractivity contribution in [3.63, 3.8) is 0 Å². The summed E-state index contributed by atoms with van der Waals surface area (Å²) in [4.78, 5) is 15.4. The van der Waals surface area contributed by atoms with Gasteiger partial charge in [0.2, 0.25) is 0 Å². The maximum Gasteiger partial charge on any atom is 0.163 e. The summed E-state index contributed by atoms with van der Waals surface area (Å²) in [5.74, 6) is 1.32. The van der Waals surface area contributed by atoms with Gasteiger partial charge < -0.3 is 4.90 Å². The standard InChI is InChI=1S/C19H16ClFN4/c20-15-5-3-13(4-6-15)17-10-18(25-9-7-16(21)12-25)24-19(23-17)14-2-1-8-22-11-14/h1-6,8,10-11,16H,7,9,12H2. The van der Waals surface area contributed by atoms with Gasteiger partial charge in [-0.3, -0.25) is 4.98 Å². The number of alkyl halides is 1.